The van der Waals surface area contributed by atoms with Crippen LogP contribution in [0, 0.1) is 5.92 Å². The summed E-state index contributed by atoms with van der Waals surface area (Å²) in [5.41, 5.74) is -0.288. The summed E-state index contributed by atoms with van der Waals surface area (Å²) < 4.78 is 39.4. The largest absolute Gasteiger partial charge is 0.505 e. The molecule has 1 saturated heterocycles. The van der Waals surface area contributed by atoms with Gasteiger partial charge in [-0.1, -0.05) is 18.2 Å². The Hall–Kier alpha value is -2.57. The van der Waals surface area contributed by atoms with E-state index in [1.165, 1.54) is 24.4 Å². The highest BCUT2D eigenvalue weighted by Gasteiger charge is 2.33. The standard InChI is InChI=1S/C20H21F3N2O2/c21-20(22,23)16-7-2-1-6-15(16)10-9-14-5-4-12-25(13-14)19(27)18-17(26)8-3-11-24-18/h1-3,6-8,11,14,26H,4-5,9-10,12-13H2/t14-/m0/s1. The summed E-state index contributed by atoms with van der Waals surface area (Å²) in [6.45, 7) is 1.02. The molecule has 2 aromatic rings. The number of aryl methyl sites for hydroxylation is 1. The molecule has 1 aromatic carbocycles. The molecule has 0 spiro atoms. The van der Waals surface area contributed by atoms with E-state index in [2.05, 4.69) is 4.98 Å². The summed E-state index contributed by atoms with van der Waals surface area (Å²) in [5.74, 6) is -0.382. The number of aromatic nitrogens is 1. The topological polar surface area (TPSA) is 53.4 Å². The van der Waals surface area contributed by atoms with Crippen molar-refractivity contribution >= 4 is 5.91 Å². The van der Waals surface area contributed by atoms with Gasteiger partial charge in [0.15, 0.2) is 5.69 Å². The molecule has 144 valence electrons. The number of pyridine rings is 1. The number of carbonyl (C=O) groups is 1. The quantitative estimate of drug-likeness (QED) is 0.864. The van der Waals surface area contributed by atoms with Crippen molar-refractivity contribution in [2.45, 2.75) is 31.9 Å². The average Bonchev–Trinajstić information content (AvgIpc) is 2.66. The van der Waals surface area contributed by atoms with Gasteiger partial charge < -0.3 is 10.0 Å². The molecule has 0 radical (unpaired) electrons. The van der Waals surface area contributed by atoms with Gasteiger partial charge in [-0.2, -0.15) is 13.2 Å². The van der Waals surface area contributed by atoms with E-state index < -0.39 is 11.7 Å². The number of carbonyl (C=O) groups excluding carboxylic acids is 1. The van der Waals surface area contributed by atoms with Gasteiger partial charge in [0.2, 0.25) is 0 Å². The fourth-order valence-electron chi connectivity index (χ4n) is 3.57. The second-order valence-corrected chi connectivity index (χ2v) is 6.82. The number of hydrogen-bond donors (Lipinski definition) is 1. The summed E-state index contributed by atoms with van der Waals surface area (Å²) in [4.78, 5) is 18.2. The van der Waals surface area contributed by atoms with Crippen LogP contribution < -0.4 is 0 Å². The number of likely N-dealkylation sites (tertiary alicyclic amines) is 1. The lowest BCUT2D eigenvalue weighted by Crippen LogP contribution is -2.40. The maximum Gasteiger partial charge on any atom is 0.416 e. The molecule has 0 unspecified atom stereocenters. The fourth-order valence-corrected chi connectivity index (χ4v) is 3.57. The van der Waals surface area contributed by atoms with Crippen molar-refractivity contribution in [3.63, 3.8) is 0 Å². The van der Waals surface area contributed by atoms with Crippen LogP contribution in [0.2, 0.25) is 0 Å². The van der Waals surface area contributed by atoms with Gasteiger partial charge in [-0.3, -0.25) is 4.79 Å². The lowest BCUT2D eigenvalue weighted by Gasteiger charge is -2.33. The van der Waals surface area contributed by atoms with Crippen molar-refractivity contribution < 1.29 is 23.1 Å². The minimum atomic E-state index is -4.36. The van der Waals surface area contributed by atoms with Crippen molar-refractivity contribution in [1.82, 2.24) is 9.88 Å². The van der Waals surface area contributed by atoms with Gasteiger partial charge in [-0.25, -0.2) is 4.98 Å². The summed E-state index contributed by atoms with van der Waals surface area (Å²) in [6.07, 6.45) is -0.372. The Kier molecular flexibility index (Phi) is 5.68. The molecule has 3 rings (SSSR count). The third kappa shape index (κ3) is 4.59. The SMILES string of the molecule is O=C(c1ncccc1O)N1CCC[C@@H](CCc2ccccc2C(F)(F)F)C1. The molecule has 1 N–H and O–H groups in total. The van der Waals surface area contributed by atoms with E-state index in [1.54, 1.807) is 17.0 Å². The number of nitrogens with zero attached hydrogens (tertiary/aromatic N) is 2. The van der Waals surface area contributed by atoms with Crippen molar-refractivity contribution in [3.05, 3.63) is 59.4 Å². The number of halogens is 3. The normalized spacial score (nSPS) is 17.7. The molecule has 1 aliphatic heterocycles. The summed E-state index contributed by atoms with van der Waals surface area (Å²) >= 11 is 0. The van der Waals surface area contributed by atoms with Crippen molar-refractivity contribution in [3.8, 4) is 5.75 Å². The van der Waals surface area contributed by atoms with E-state index in [0.29, 0.717) is 25.9 Å². The molecular formula is C20H21F3N2O2. The molecular weight excluding hydrogens is 357 g/mol. The lowest BCUT2D eigenvalue weighted by atomic mass is 9.90. The maximum atomic E-state index is 13.1. The number of piperidine rings is 1. The number of alkyl halides is 3. The molecule has 1 fully saturated rings. The molecule has 0 aliphatic carbocycles. The average molecular weight is 378 g/mol. The zero-order valence-corrected chi connectivity index (χ0v) is 14.7. The first kappa shape index (κ1) is 19.2. The number of amides is 1. The number of rotatable bonds is 4. The molecule has 1 aromatic heterocycles. The lowest BCUT2D eigenvalue weighted by molar-refractivity contribution is -0.138. The highest BCUT2D eigenvalue weighted by Crippen LogP contribution is 2.33. The molecule has 4 nitrogen and oxygen atoms in total. The number of benzene rings is 1. The Labute approximate surface area is 155 Å². The van der Waals surface area contributed by atoms with Crippen molar-refractivity contribution in [2.75, 3.05) is 13.1 Å². The summed E-state index contributed by atoms with van der Waals surface area (Å²) in [7, 11) is 0. The van der Waals surface area contributed by atoms with Gasteiger partial charge >= 0.3 is 6.18 Å². The first-order valence-corrected chi connectivity index (χ1v) is 8.94. The third-order valence-corrected chi connectivity index (χ3v) is 4.94. The minimum Gasteiger partial charge on any atom is -0.505 e. The Balaban J connectivity index is 1.65. The van der Waals surface area contributed by atoms with Crippen LogP contribution in [-0.2, 0) is 12.6 Å². The van der Waals surface area contributed by atoms with Gasteiger partial charge in [0.1, 0.15) is 5.75 Å². The van der Waals surface area contributed by atoms with E-state index >= 15 is 0 Å². The van der Waals surface area contributed by atoms with E-state index in [1.807, 2.05) is 0 Å². The van der Waals surface area contributed by atoms with E-state index in [9.17, 15) is 23.1 Å². The second-order valence-electron chi connectivity index (χ2n) is 6.82. The molecule has 0 saturated carbocycles. The zero-order chi connectivity index (χ0) is 19.4. The van der Waals surface area contributed by atoms with Crippen LogP contribution in [-0.4, -0.2) is 34.0 Å². The van der Waals surface area contributed by atoms with Gasteiger partial charge in [0.25, 0.3) is 5.91 Å². The Morgan fingerprint density at radius 2 is 2.00 bits per heavy atom. The number of hydrogen-bond acceptors (Lipinski definition) is 3. The molecule has 2 heterocycles. The van der Waals surface area contributed by atoms with E-state index in [4.69, 9.17) is 0 Å². The second kappa shape index (κ2) is 7.98. The first-order chi connectivity index (χ1) is 12.9. The first-order valence-electron chi connectivity index (χ1n) is 8.94. The van der Waals surface area contributed by atoms with Crippen LogP contribution in [0.3, 0.4) is 0 Å². The van der Waals surface area contributed by atoms with Crippen molar-refractivity contribution in [1.29, 1.82) is 0 Å². The highest BCUT2D eigenvalue weighted by molar-refractivity contribution is 5.94. The van der Waals surface area contributed by atoms with Crippen LogP contribution in [0.4, 0.5) is 13.2 Å². The molecule has 27 heavy (non-hydrogen) atoms. The van der Waals surface area contributed by atoms with E-state index in [0.717, 1.165) is 18.9 Å². The summed E-state index contributed by atoms with van der Waals surface area (Å²) in [6, 6.07) is 8.59. The van der Waals surface area contributed by atoms with Gasteiger partial charge in [0, 0.05) is 19.3 Å². The molecule has 7 heteroatoms. The van der Waals surface area contributed by atoms with Gasteiger partial charge in [0.05, 0.1) is 5.56 Å². The monoisotopic (exact) mass is 378 g/mol. The van der Waals surface area contributed by atoms with Crippen LogP contribution >= 0.6 is 0 Å². The molecule has 0 bridgehead atoms. The Morgan fingerprint density at radius 1 is 1.22 bits per heavy atom. The smallest absolute Gasteiger partial charge is 0.416 e. The summed E-state index contributed by atoms with van der Waals surface area (Å²) in [5, 5.41) is 9.82. The predicted octanol–water partition coefficient (Wildman–Crippen LogP) is 4.29. The fraction of sp³-hybridized carbons (Fsp3) is 0.400. The minimum absolute atomic E-state index is 0.0144. The maximum absolute atomic E-state index is 13.1. The molecule has 1 aliphatic rings. The Bertz CT molecular complexity index is 808. The molecule has 1 amide bonds. The Morgan fingerprint density at radius 3 is 2.74 bits per heavy atom. The van der Waals surface area contributed by atoms with Crippen LogP contribution in [0.25, 0.3) is 0 Å². The van der Waals surface area contributed by atoms with Crippen molar-refractivity contribution in [2.24, 2.45) is 5.92 Å². The third-order valence-electron chi connectivity index (χ3n) is 4.94. The van der Waals surface area contributed by atoms with E-state index in [-0.39, 0.29) is 28.8 Å². The zero-order valence-electron chi connectivity index (χ0n) is 14.7. The van der Waals surface area contributed by atoms with Crippen LogP contribution in [0.5, 0.6) is 5.75 Å². The van der Waals surface area contributed by atoms with Gasteiger partial charge in [-0.15, -0.1) is 0 Å². The van der Waals surface area contributed by atoms with Crippen LogP contribution in [0.1, 0.15) is 40.9 Å². The molecule has 1 atom stereocenters. The predicted molar refractivity (Wildman–Crippen MR) is 94.3 cm³/mol. The number of aromatic hydroxyl groups is 1. The highest BCUT2D eigenvalue weighted by atomic mass is 19.4. The van der Waals surface area contributed by atoms with Crippen LogP contribution in [0.15, 0.2) is 42.6 Å². The van der Waals surface area contributed by atoms with Gasteiger partial charge in [-0.05, 0) is 55.4 Å².